The molecule has 0 radical (unpaired) electrons. The third-order valence-corrected chi connectivity index (χ3v) is 5.32. The first-order valence-corrected chi connectivity index (χ1v) is 9.15. The van der Waals surface area contributed by atoms with Gasteiger partial charge in [-0.25, -0.2) is 4.98 Å². The van der Waals surface area contributed by atoms with Gasteiger partial charge in [0.2, 0.25) is 0 Å². The molecule has 3 rings (SSSR count). The lowest BCUT2D eigenvalue weighted by Crippen LogP contribution is -2.25. The van der Waals surface area contributed by atoms with E-state index in [0.29, 0.717) is 27.2 Å². The Hall–Kier alpha value is -0.620. The summed E-state index contributed by atoms with van der Waals surface area (Å²) in [7, 11) is -0.984. The quantitative estimate of drug-likeness (QED) is 0.851. The molecule has 0 amide bonds. The Bertz CT molecular complexity index is 668. The smallest absolute Gasteiger partial charge is 0.155 e. The highest BCUT2D eigenvalue weighted by atomic mass is 35.5. The molecule has 3 heterocycles. The Morgan fingerprint density at radius 1 is 1.38 bits per heavy atom. The first-order chi connectivity index (χ1) is 10.1. The first kappa shape index (κ1) is 15.3. The fourth-order valence-corrected chi connectivity index (χ4v) is 4.31. The number of halogens is 2. The van der Waals surface area contributed by atoms with Crippen LogP contribution in [0.2, 0.25) is 10.0 Å². The summed E-state index contributed by atoms with van der Waals surface area (Å²) in [6.07, 6.45) is 6.95. The lowest BCUT2D eigenvalue weighted by atomic mass is 10.1. The summed E-state index contributed by atoms with van der Waals surface area (Å²) in [5.74, 6) is 0.984. The number of fused-ring (bicyclic) bond motifs is 1. The summed E-state index contributed by atoms with van der Waals surface area (Å²) in [6, 6.07) is 1.65. The number of nitrogens with zero attached hydrogens (tertiary/aromatic N) is 2. The van der Waals surface area contributed by atoms with Crippen molar-refractivity contribution in [1.29, 1.82) is 0 Å². The number of aromatic nitrogens is 2. The zero-order valence-electron chi connectivity index (χ0n) is 11.4. The van der Waals surface area contributed by atoms with E-state index in [-0.39, 0.29) is 6.10 Å². The number of ether oxygens (including phenoxy) is 1. The molecule has 1 fully saturated rings. The van der Waals surface area contributed by atoms with Crippen LogP contribution in [0, 0.1) is 0 Å². The minimum atomic E-state index is -0.984. The van der Waals surface area contributed by atoms with Crippen molar-refractivity contribution in [1.82, 2.24) is 9.38 Å². The Kier molecular flexibility index (Phi) is 4.84. The molecule has 2 aromatic heterocycles. The van der Waals surface area contributed by atoms with Gasteiger partial charge in [0.05, 0.1) is 33.3 Å². The molecule has 0 bridgehead atoms. The van der Waals surface area contributed by atoms with Crippen LogP contribution in [0.1, 0.15) is 25.0 Å². The minimum Gasteiger partial charge on any atom is -0.377 e. The van der Waals surface area contributed by atoms with Gasteiger partial charge in [-0.1, -0.05) is 23.2 Å². The van der Waals surface area contributed by atoms with Crippen LogP contribution in [0.25, 0.3) is 5.65 Å². The molecule has 2 atom stereocenters. The maximum Gasteiger partial charge on any atom is 0.155 e. The van der Waals surface area contributed by atoms with Gasteiger partial charge in [0.1, 0.15) is 0 Å². The van der Waals surface area contributed by atoms with E-state index in [1.807, 2.05) is 6.20 Å². The Balaban J connectivity index is 1.69. The van der Waals surface area contributed by atoms with Gasteiger partial charge >= 0.3 is 0 Å². The predicted octanol–water partition coefficient (Wildman–Crippen LogP) is 3.46. The van der Waals surface area contributed by atoms with E-state index in [9.17, 15) is 4.21 Å². The fourth-order valence-electron chi connectivity index (χ4n) is 2.51. The summed E-state index contributed by atoms with van der Waals surface area (Å²) in [4.78, 5) is 4.42. The number of hydrogen-bond acceptors (Lipinski definition) is 3. The van der Waals surface area contributed by atoms with Gasteiger partial charge in [0.25, 0.3) is 0 Å². The zero-order chi connectivity index (χ0) is 14.8. The zero-order valence-corrected chi connectivity index (χ0v) is 13.8. The van der Waals surface area contributed by atoms with Crippen LogP contribution in [-0.2, 0) is 21.3 Å². The number of hydrogen-bond donors (Lipinski definition) is 0. The summed E-state index contributed by atoms with van der Waals surface area (Å²) >= 11 is 12.1. The second-order valence-electron chi connectivity index (χ2n) is 5.21. The second-order valence-corrected chi connectivity index (χ2v) is 7.55. The highest BCUT2D eigenvalue weighted by Gasteiger charge is 2.18. The fraction of sp³-hybridized carbons (Fsp3) is 0.500. The van der Waals surface area contributed by atoms with E-state index >= 15 is 0 Å². The van der Waals surface area contributed by atoms with Crippen LogP contribution in [0.3, 0.4) is 0 Å². The Morgan fingerprint density at radius 3 is 3.00 bits per heavy atom. The molecule has 4 nitrogen and oxygen atoms in total. The van der Waals surface area contributed by atoms with Crippen molar-refractivity contribution in [2.24, 2.45) is 0 Å². The first-order valence-electron chi connectivity index (χ1n) is 6.91. The number of imidazole rings is 1. The van der Waals surface area contributed by atoms with E-state index in [1.165, 1.54) is 0 Å². The molecule has 1 aliphatic rings. The maximum absolute atomic E-state index is 12.2. The molecule has 0 spiro atoms. The molecule has 114 valence electrons. The van der Waals surface area contributed by atoms with Gasteiger partial charge in [-0.15, -0.1) is 0 Å². The van der Waals surface area contributed by atoms with E-state index in [1.54, 1.807) is 16.7 Å². The average Bonchev–Trinajstić information content (AvgIpc) is 2.82. The third kappa shape index (κ3) is 3.77. The van der Waals surface area contributed by atoms with E-state index in [2.05, 4.69) is 4.98 Å². The largest absolute Gasteiger partial charge is 0.377 e. The summed E-state index contributed by atoms with van der Waals surface area (Å²) in [5, 5.41) is 1.04. The topological polar surface area (TPSA) is 43.6 Å². The highest BCUT2D eigenvalue weighted by Crippen LogP contribution is 2.22. The summed E-state index contributed by atoms with van der Waals surface area (Å²) in [5.41, 5.74) is 1.40. The van der Waals surface area contributed by atoms with Crippen LogP contribution in [0.15, 0.2) is 18.5 Å². The van der Waals surface area contributed by atoms with Crippen molar-refractivity contribution >= 4 is 39.6 Å². The number of pyridine rings is 1. The number of rotatable bonds is 4. The second kappa shape index (κ2) is 6.65. The molecule has 2 aromatic rings. The standard InChI is InChI=1S/C14H16Cl2N2O2S/c15-10-5-13(16)14-17-11(7-18(14)6-10)8-21(19)9-12-3-1-2-4-20-12/h5-7,12H,1-4,8-9H2/t12-,21-/m1/s1. The maximum atomic E-state index is 12.2. The highest BCUT2D eigenvalue weighted by molar-refractivity contribution is 7.84. The van der Waals surface area contributed by atoms with Crippen molar-refractivity contribution in [3.05, 3.63) is 34.2 Å². The average molecular weight is 347 g/mol. The predicted molar refractivity (Wildman–Crippen MR) is 85.5 cm³/mol. The minimum absolute atomic E-state index is 0.120. The molecule has 7 heteroatoms. The lowest BCUT2D eigenvalue weighted by molar-refractivity contribution is 0.0310. The van der Waals surface area contributed by atoms with Crippen molar-refractivity contribution < 1.29 is 8.95 Å². The van der Waals surface area contributed by atoms with Gasteiger partial charge in [0, 0.05) is 29.8 Å². The van der Waals surface area contributed by atoms with Crippen LogP contribution < -0.4 is 0 Å². The molecule has 1 aliphatic heterocycles. The van der Waals surface area contributed by atoms with Gasteiger partial charge < -0.3 is 9.14 Å². The Labute approximate surface area is 135 Å². The summed E-state index contributed by atoms with van der Waals surface area (Å²) in [6.45, 7) is 0.782. The molecule has 1 saturated heterocycles. The normalized spacial score (nSPS) is 20.8. The van der Waals surface area contributed by atoms with Crippen LogP contribution in [0.5, 0.6) is 0 Å². The molecule has 0 N–H and O–H groups in total. The van der Waals surface area contributed by atoms with Gasteiger partial charge in [0.15, 0.2) is 5.65 Å². The van der Waals surface area contributed by atoms with Crippen LogP contribution in [-0.4, -0.2) is 32.1 Å². The molecular formula is C14H16Cl2N2O2S. The Morgan fingerprint density at radius 2 is 2.24 bits per heavy atom. The van der Waals surface area contributed by atoms with E-state index in [0.717, 1.165) is 31.6 Å². The van der Waals surface area contributed by atoms with Crippen LogP contribution in [0.4, 0.5) is 0 Å². The molecule has 0 aromatic carbocycles. The van der Waals surface area contributed by atoms with Gasteiger partial charge in [-0.2, -0.15) is 0 Å². The molecule has 0 aliphatic carbocycles. The molecule has 0 unspecified atom stereocenters. The molecular weight excluding hydrogens is 331 g/mol. The SMILES string of the molecule is O=[S@](Cc1cn2cc(Cl)cc(Cl)c2n1)C[C@H]1CCCCO1. The van der Waals surface area contributed by atoms with Crippen molar-refractivity contribution in [2.45, 2.75) is 31.1 Å². The summed E-state index contributed by atoms with van der Waals surface area (Å²) < 4.78 is 19.6. The van der Waals surface area contributed by atoms with E-state index < -0.39 is 10.8 Å². The molecule has 0 saturated carbocycles. The van der Waals surface area contributed by atoms with Crippen molar-refractivity contribution in [2.75, 3.05) is 12.4 Å². The molecule has 21 heavy (non-hydrogen) atoms. The van der Waals surface area contributed by atoms with Gasteiger partial charge in [-0.05, 0) is 25.3 Å². The lowest BCUT2D eigenvalue weighted by Gasteiger charge is -2.21. The van der Waals surface area contributed by atoms with Crippen LogP contribution >= 0.6 is 23.2 Å². The third-order valence-electron chi connectivity index (χ3n) is 3.48. The van der Waals surface area contributed by atoms with Gasteiger partial charge in [-0.3, -0.25) is 4.21 Å². The monoisotopic (exact) mass is 346 g/mol. The van der Waals surface area contributed by atoms with E-state index in [4.69, 9.17) is 27.9 Å². The van der Waals surface area contributed by atoms with Crippen molar-refractivity contribution in [3.63, 3.8) is 0 Å². The van der Waals surface area contributed by atoms with Crippen molar-refractivity contribution in [3.8, 4) is 0 Å².